The molecule has 2 fully saturated rings. The lowest BCUT2D eigenvalue weighted by atomic mass is 10.2. The van der Waals surface area contributed by atoms with E-state index in [0.717, 1.165) is 37.7 Å². The normalized spacial score (nSPS) is 20.1. The van der Waals surface area contributed by atoms with Crippen molar-refractivity contribution in [1.82, 2.24) is 4.90 Å². The number of hydrogen-bond donors (Lipinski definition) is 1. The molecular formula is C22H27FN3O2S+. The lowest BCUT2D eigenvalue weighted by Crippen LogP contribution is -3.15. The van der Waals surface area contributed by atoms with Crippen LogP contribution in [0.5, 0.6) is 5.75 Å². The molecule has 5 nitrogen and oxygen atoms in total. The largest absolute Gasteiger partial charge is 0.497 e. The molecule has 2 saturated heterocycles. The van der Waals surface area contributed by atoms with E-state index < -0.39 is 0 Å². The Hall–Kier alpha value is -2.25. The Morgan fingerprint density at radius 3 is 2.55 bits per heavy atom. The predicted molar refractivity (Wildman–Crippen MR) is 114 cm³/mol. The summed E-state index contributed by atoms with van der Waals surface area (Å²) in [4.78, 5) is 18.5. The van der Waals surface area contributed by atoms with Gasteiger partial charge in [-0.25, -0.2) is 4.39 Å². The van der Waals surface area contributed by atoms with Crippen LogP contribution >= 0.6 is 11.8 Å². The summed E-state index contributed by atoms with van der Waals surface area (Å²) in [6.07, 6.45) is 0. The Bertz CT molecular complexity index is 840. The quantitative estimate of drug-likeness (QED) is 0.807. The fourth-order valence-electron chi connectivity index (χ4n) is 4.02. The molecule has 2 aromatic carbocycles. The van der Waals surface area contributed by atoms with Gasteiger partial charge in [-0.1, -0.05) is 18.2 Å². The number of carbonyl (C=O) groups excluding carboxylic acids is 1. The van der Waals surface area contributed by atoms with Crippen LogP contribution in [-0.4, -0.2) is 62.9 Å². The zero-order valence-electron chi connectivity index (χ0n) is 16.6. The van der Waals surface area contributed by atoms with Crippen LogP contribution in [0.15, 0.2) is 48.5 Å². The van der Waals surface area contributed by atoms with Gasteiger partial charge in [0.1, 0.15) is 16.9 Å². The Labute approximate surface area is 175 Å². The monoisotopic (exact) mass is 416 g/mol. The number of quaternary nitrogens is 1. The zero-order valence-corrected chi connectivity index (χ0v) is 17.5. The van der Waals surface area contributed by atoms with Crippen molar-refractivity contribution >= 4 is 23.4 Å². The summed E-state index contributed by atoms with van der Waals surface area (Å²) in [6.45, 7) is 4.84. The number of nitrogens with zero attached hydrogens (tertiary/aromatic N) is 2. The van der Waals surface area contributed by atoms with Crippen LogP contribution in [0.3, 0.4) is 0 Å². The third-order valence-electron chi connectivity index (χ3n) is 5.69. The van der Waals surface area contributed by atoms with Gasteiger partial charge in [0.05, 0.1) is 33.3 Å². The van der Waals surface area contributed by atoms with Gasteiger partial charge in [-0.15, -0.1) is 11.8 Å². The van der Waals surface area contributed by atoms with E-state index in [-0.39, 0.29) is 17.1 Å². The Morgan fingerprint density at radius 2 is 1.86 bits per heavy atom. The van der Waals surface area contributed by atoms with Crippen molar-refractivity contribution < 1.29 is 18.8 Å². The highest BCUT2D eigenvalue weighted by atomic mass is 32.2. The fraction of sp³-hybridized carbons (Fsp3) is 0.409. The second-order valence-electron chi connectivity index (χ2n) is 7.44. The first-order valence-corrected chi connectivity index (χ1v) is 11.1. The number of benzene rings is 2. The number of halogens is 1. The molecule has 1 amide bonds. The van der Waals surface area contributed by atoms with Gasteiger partial charge in [0, 0.05) is 23.5 Å². The third-order valence-corrected chi connectivity index (χ3v) is 6.93. The number of methoxy groups -OCH3 is 1. The van der Waals surface area contributed by atoms with Crippen LogP contribution in [0, 0.1) is 5.82 Å². The van der Waals surface area contributed by atoms with Crippen LogP contribution in [0.25, 0.3) is 0 Å². The number of thioether (sulfide) groups is 1. The molecule has 29 heavy (non-hydrogen) atoms. The van der Waals surface area contributed by atoms with Crippen molar-refractivity contribution in [2.45, 2.75) is 5.37 Å². The molecule has 0 saturated carbocycles. The Balaban J connectivity index is 1.33. The van der Waals surface area contributed by atoms with Gasteiger partial charge < -0.3 is 19.4 Å². The van der Waals surface area contributed by atoms with Crippen LogP contribution < -0.4 is 14.5 Å². The number of rotatable bonds is 5. The van der Waals surface area contributed by atoms with Crippen molar-refractivity contribution in [2.24, 2.45) is 0 Å². The number of nitrogens with one attached hydrogen (secondary N) is 1. The minimum atomic E-state index is -0.231. The summed E-state index contributed by atoms with van der Waals surface area (Å²) in [5.74, 6) is 1.60. The molecule has 1 atom stereocenters. The minimum Gasteiger partial charge on any atom is -0.497 e. The second kappa shape index (κ2) is 9.05. The van der Waals surface area contributed by atoms with E-state index in [0.29, 0.717) is 18.7 Å². The number of hydrogen-bond acceptors (Lipinski definition) is 4. The van der Waals surface area contributed by atoms with Crippen molar-refractivity contribution in [1.29, 1.82) is 0 Å². The number of piperazine rings is 1. The van der Waals surface area contributed by atoms with Gasteiger partial charge in [0.15, 0.2) is 6.54 Å². The maximum absolute atomic E-state index is 14.2. The van der Waals surface area contributed by atoms with Crippen LogP contribution in [0.4, 0.5) is 10.1 Å². The van der Waals surface area contributed by atoms with Crippen molar-refractivity contribution in [3.63, 3.8) is 0 Å². The summed E-state index contributed by atoms with van der Waals surface area (Å²) >= 11 is 1.65. The van der Waals surface area contributed by atoms with E-state index in [1.165, 1.54) is 16.7 Å². The lowest BCUT2D eigenvalue weighted by molar-refractivity contribution is -0.892. The Morgan fingerprint density at radius 1 is 1.14 bits per heavy atom. The first-order valence-electron chi connectivity index (χ1n) is 10.0. The zero-order chi connectivity index (χ0) is 20.2. The second-order valence-corrected chi connectivity index (χ2v) is 8.63. The molecule has 7 heteroatoms. The van der Waals surface area contributed by atoms with Gasteiger partial charge in [-0.2, -0.15) is 0 Å². The predicted octanol–water partition coefficient (Wildman–Crippen LogP) is 1.81. The van der Waals surface area contributed by atoms with E-state index >= 15 is 0 Å². The highest BCUT2D eigenvalue weighted by Crippen LogP contribution is 2.38. The highest BCUT2D eigenvalue weighted by molar-refractivity contribution is 7.99. The van der Waals surface area contributed by atoms with Crippen LogP contribution in [0.1, 0.15) is 10.9 Å². The van der Waals surface area contributed by atoms with Crippen molar-refractivity contribution in [2.75, 3.05) is 57.0 Å². The molecule has 2 aromatic rings. The molecule has 2 aliphatic rings. The fourth-order valence-corrected chi connectivity index (χ4v) is 5.32. The maximum Gasteiger partial charge on any atom is 0.278 e. The molecule has 154 valence electrons. The maximum atomic E-state index is 14.2. The highest BCUT2D eigenvalue weighted by Gasteiger charge is 2.34. The third kappa shape index (κ3) is 4.51. The molecule has 4 rings (SSSR count). The number of amides is 1. The molecule has 0 unspecified atom stereocenters. The molecule has 0 aromatic heterocycles. The van der Waals surface area contributed by atoms with E-state index in [9.17, 15) is 9.18 Å². The molecule has 0 aliphatic carbocycles. The van der Waals surface area contributed by atoms with Gasteiger partial charge in [0.25, 0.3) is 5.91 Å². The Kier molecular flexibility index (Phi) is 6.25. The first kappa shape index (κ1) is 20.0. The number of anilines is 1. The van der Waals surface area contributed by atoms with E-state index in [1.807, 2.05) is 23.1 Å². The average Bonchev–Trinajstić information content (AvgIpc) is 3.24. The van der Waals surface area contributed by atoms with Gasteiger partial charge >= 0.3 is 0 Å². The molecule has 2 aliphatic heterocycles. The topological polar surface area (TPSA) is 37.2 Å². The average molecular weight is 417 g/mol. The molecule has 2 heterocycles. The molecule has 1 N–H and O–H groups in total. The molecule has 0 radical (unpaired) electrons. The minimum absolute atomic E-state index is 0.121. The number of carbonyl (C=O) groups is 1. The van der Waals surface area contributed by atoms with Gasteiger partial charge in [0.2, 0.25) is 0 Å². The van der Waals surface area contributed by atoms with E-state index in [4.69, 9.17) is 4.74 Å². The summed E-state index contributed by atoms with van der Waals surface area (Å²) < 4.78 is 19.4. The smallest absolute Gasteiger partial charge is 0.278 e. The lowest BCUT2D eigenvalue weighted by Gasteiger charge is -2.34. The molecule has 0 bridgehead atoms. The van der Waals surface area contributed by atoms with Crippen molar-refractivity contribution in [3.05, 3.63) is 59.9 Å². The van der Waals surface area contributed by atoms with E-state index in [1.54, 1.807) is 31.0 Å². The van der Waals surface area contributed by atoms with Gasteiger partial charge in [-0.3, -0.25) is 4.79 Å². The molecule has 0 spiro atoms. The van der Waals surface area contributed by atoms with Crippen LogP contribution in [0.2, 0.25) is 0 Å². The summed E-state index contributed by atoms with van der Waals surface area (Å²) in [6, 6.07) is 14.9. The van der Waals surface area contributed by atoms with E-state index in [2.05, 4.69) is 17.0 Å². The summed E-state index contributed by atoms with van der Waals surface area (Å²) in [5.41, 5.74) is 1.80. The van der Waals surface area contributed by atoms with Crippen molar-refractivity contribution in [3.8, 4) is 5.75 Å². The standard InChI is InChI=1S/C22H26FN3O2S/c1-28-18-8-6-17(7-9-18)25-12-10-24(11-13-25)16-21(27)26-14-15-29-22(26)19-4-2-3-5-20(19)23/h2-9,22H,10-16H2,1H3/p+1/t22-/m0/s1. The summed E-state index contributed by atoms with van der Waals surface area (Å²) in [7, 11) is 1.67. The van der Waals surface area contributed by atoms with Gasteiger partial charge in [-0.05, 0) is 30.3 Å². The molecular weight excluding hydrogens is 389 g/mol. The first-order chi connectivity index (χ1) is 14.2. The SMILES string of the molecule is COc1ccc(N2CC[NH+](CC(=O)N3CCS[C@H]3c3ccccc3F)CC2)cc1. The van der Waals surface area contributed by atoms with Crippen LogP contribution in [-0.2, 0) is 4.79 Å². The number of ether oxygens (including phenoxy) is 1. The summed E-state index contributed by atoms with van der Waals surface area (Å²) in [5, 5.41) is -0.205.